The van der Waals surface area contributed by atoms with Gasteiger partial charge in [0.25, 0.3) is 0 Å². The van der Waals surface area contributed by atoms with E-state index in [2.05, 4.69) is 15.3 Å². The molecule has 0 spiro atoms. The normalized spacial score (nSPS) is 12.2. The molecule has 0 amide bonds. The van der Waals surface area contributed by atoms with Crippen molar-refractivity contribution in [1.82, 2.24) is 9.97 Å². The second kappa shape index (κ2) is 8.37. The molecule has 4 rings (SSSR count). The number of hydrogen-bond donors (Lipinski definition) is 1. The molecule has 2 aromatic carbocycles. The summed E-state index contributed by atoms with van der Waals surface area (Å²) in [6.45, 7) is 1.94. The van der Waals surface area contributed by atoms with Crippen LogP contribution in [0.2, 0.25) is 20.1 Å². The lowest BCUT2D eigenvalue weighted by molar-refractivity contribution is 0.924. The quantitative estimate of drug-likeness (QED) is 0.336. The van der Waals surface area contributed by atoms with E-state index in [-0.39, 0.29) is 6.04 Å². The number of anilines is 1. The van der Waals surface area contributed by atoms with Gasteiger partial charge in [-0.25, -0.2) is 4.98 Å². The van der Waals surface area contributed by atoms with Crippen LogP contribution in [0, 0.1) is 6.92 Å². The fraction of sp³-hybridized carbons (Fsp3) is 0.0909. The predicted molar refractivity (Wildman–Crippen MR) is 123 cm³/mol. The first kappa shape index (κ1) is 20.2. The molecule has 4 aromatic rings. The van der Waals surface area contributed by atoms with Crippen LogP contribution in [0.15, 0.2) is 60.9 Å². The molecular formula is C22H15Cl4N3. The molecule has 146 valence electrons. The molecule has 0 fully saturated rings. The first-order valence-electron chi connectivity index (χ1n) is 8.80. The van der Waals surface area contributed by atoms with E-state index in [0.717, 1.165) is 27.6 Å². The van der Waals surface area contributed by atoms with E-state index in [0.29, 0.717) is 25.9 Å². The first-order valence-corrected chi connectivity index (χ1v) is 10.3. The highest BCUT2D eigenvalue weighted by Gasteiger charge is 2.20. The van der Waals surface area contributed by atoms with Crippen LogP contribution in [0.25, 0.3) is 10.9 Å². The number of benzene rings is 2. The maximum Gasteiger partial charge on any atom is 0.129 e. The van der Waals surface area contributed by atoms with Crippen molar-refractivity contribution >= 4 is 63.1 Å². The Bertz CT molecular complexity index is 1210. The Morgan fingerprint density at radius 3 is 2.45 bits per heavy atom. The number of halogens is 4. The molecule has 0 radical (unpaired) electrons. The highest BCUT2D eigenvalue weighted by atomic mass is 35.5. The summed E-state index contributed by atoms with van der Waals surface area (Å²) < 4.78 is 0. The van der Waals surface area contributed by atoms with Gasteiger partial charge in [0.05, 0.1) is 21.6 Å². The minimum absolute atomic E-state index is 0.323. The van der Waals surface area contributed by atoms with Gasteiger partial charge in [0.2, 0.25) is 0 Å². The van der Waals surface area contributed by atoms with Crippen LogP contribution in [0.5, 0.6) is 0 Å². The summed E-state index contributed by atoms with van der Waals surface area (Å²) >= 11 is 25.3. The fourth-order valence-electron chi connectivity index (χ4n) is 3.23. The smallest absolute Gasteiger partial charge is 0.129 e. The largest absolute Gasteiger partial charge is 0.359 e. The highest BCUT2D eigenvalue weighted by molar-refractivity contribution is 6.36. The zero-order chi connectivity index (χ0) is 20.5. The summed E-state index contributed by atoms with van der Waals surface area (Å²) in [5, 5.41) is 6.66. The fourth-order valence-corrected chi connectivity index (χ4v) is 4.25. The van der Waals surface area contributed by atoms with Gasteiger partial charge in [0, 0.05) is 27.8 Å². The second-order valence-electron chi connectivity index (χ2n) is 6.64. The minimum atomic E-state index is -0.323. The van der Waals surface area contributed by atoms with E-state index in [1.54, 1.807) is 24.5 Å². The Morgan fingerprint density at radius 1 is 0.862 bits per heavy atom. The standard InChI is InChI=1S/C22H15Cl4N3/c1-12-7-15(24)11-28-22(12)29-21(17-5-4-14(23)10-19(17)26)13-8-18(25)16-3-2-6-27-20(16)9-13/h2-11,21H,1H3,(H,28,29). The number of aromatic nitrogens is 2. The molecule has 0 saturated heterocycles. The number of hydrogen-bond acceptors (Lipinski definition) is 3. The number of aryl methyl sites for hydroxylation is 1. The predicted octanol–water partition coefficient (Wildman–Crippen LogP) is 7.75. The zero-order valence-electron chi connectivity index (χ0n) is 15.3. The van der Waals surface area contributed by atoms with Crippen molar-refractivity contribution in [3.8, 4) is 0 Å². The van der Waals surface area contributed by atoms with Crippen LogP contribution in [-0.4, -0.2) is 9.97 Å². The van der Waals surface area contributed by atoms with Crippen LogP contribution in [0.4, 0.5) is 5.82 Å². The van der Waals surface area contributed by atoms with Gasteiger partial charge in [-0.1, -0.05) is 52.5 Å². The molecule has 0 aliphatic rings. The van der Waals surface area contributed by atoms with Crippen LogP contribution in [-0.2, 0) is 0 Å². The summed E-state index contributed by atoms with van der Waals surface area (Å²) in [5.74, 6) is 0.697. The maximum absolute atomic E-state index is 6.56. The lowest BCUT2D eigenvalue weighted by Crippen LogP contribution is -2.15. The Morgan fingerprint density at radius 2 is 1.69 bits per heavy atom. The van der Waals surface area contributed by atoms with Crippen molar-refractivity contribution in [3.63, 3.8) is 0 Å². The summed E-state index contributed by atoms with van der Waals surface area (Å²) in [5.41, 5.74) is 3.46. The maximum atomic E-state index is 6.56. The van der Waals surface area contributed by atoms with Gasteiger partial charge in [-0.15, -0.1) is 0 Å². The van der Waals surface area contributed by atoms with E-state index in [9.17, 15) is 0 Å². The second-order valence-corrected chi connectivity index (χ2v) is 8.32. The molecule has 1 unspecified atom stereocenters. The van der Waals surface area contributed by atoms with Crippen LogP contribution >= 0.6 is 46.4 Å². The van der Waals surface area contributed by atoms with E-state index in [4.69, 9.17) is 46.4 Å². The number of rotatable bonds is 4. The summed E-state index contributed by atoms with van der Waals surface area (Å²) in [6, 6.07) is 14.7. The van der Waals surface area contributed by atoms with Gasteiger partial charge in [-0.05, 0) is 66.1 Å². The Kier molecular flexibility index (Phi) is 5.84. The van der Waals surface area contributed by atoms with Crippen molar-refractivity contribution in [2.75, 3.05) is 5.32 Å². The molecule has 3 nitrogen and oxygen atoms in total. The lowest BCUT2D eigenvalue weighted by atomic mass is 9.97. The number of pyridine rings is 2. The molecular weight excluding hydrogens is 448 g/mol. The van der Waals surface area contributed by atoms with Crippen molar-refractivity contribution in [2.24, 2.45) is 0 Å². The summed E-state index contributed by atoms with van der Waals surface area (Å²) in [6.07, 6.45) is 3.34. The lowest BCUT2D eigenvalue weighted by Gasteiger charge is -2.23. The summed E-state index contributed by atoms with van der Waals surface area (Å²) in [4.78, 5) is 8.89. The monoisotopic (exact) mass is 461 g/mol. The highest BCUT2D eigenvalue weighted by Crippen LogP contribution is 2.36. The molecule has 0 aliphatic carbocycles. The molecule has 1 atom stereocenters. The minimum Gasteiger partial charge on any atom is -0.359 e. The third-order valence-electron chi connectivity index (χ3n) is 4.63. The Labute approximate surface area is 188 Å². The van der Waals surface area contributed by atoms with Crippen LogP contribution in [0.1, 0.15) is 22.7 Å². The molecule has 1 N–H and O–H groups in total. The van der Waals surface area contributed by atoms with E-state index in [1.807, 2.05) is 43.3 Å². The van der Waals surface area contributed by atoms with Crippen LogP contribution < -0.4 is 5.32 Å². The summed E-state index contributed by atoms with van der Waals surface area (Å²) in [7, 11) is 0. The molecule has 2 aromatic heterocycles. The molecule has 7 heteroatoms. The van der Waals surface area contributed by atoms with Crippen molar-refractivity contribution < 1.29 is 0 Å². The number of nitrogens with zero attached hydrogens (tertiary/aromatic N) is 2. The molecule has 29 heavy (non-hydrogen) atoms. The van der Waals surface area contributed by atoms with Gasteiger partial charge in [0.15, 0.2) is 0 Å². The number of nitrogens with one attached hydrogen (secondary N) is 1. The van der Waals surface area contributed by atoms with Gasteiger partial charge < -0.3 is 5.32 Å². The Balaban J connectivity index is 1.88. The van der Waals surface area contributed by atoms with Gasteiger partial charge in [-0.2, -0.15) is 0 Å². The molecule has 2 heterocycles. The SMILES string of the molecule is Cc1cc(Cl)cnc1NC(c1cc(Cl)c2cccnc2c1)c1ccc(Cl)cc1Cl. The number of fused-ring (bicyclic) bond motifs is 1. The zero-order valence-corrected chi connectivity index (χ0v) is 18.3. The first-order chi connectivity index (χ1) is 13.9. The van der Waals surface area contributed by atoms with Crippen molar-refractivity contribution in [2.45, 2.75) is 13.0 Å². The van der Waals surface area contributed by atoms with E-state index in [1.165, 1.54) is 0 Å². The molecule has 0 bridgehead atoms. The third kappa shape index (κ3) is 4.29. The topological polar surface area (TPSA) is 37.8 Å². The average molecular weight is 463 g/mol. The molecule has 0 aliphatic heterocycles. The van der Waals surface area contributed by atoms with Crippen LogP contribution in [0.3, 0.4) is 0 Å². The van der Waals surface area contributed by atoms with E-state index < -0.39 is 0 Å². The Hall–Kier alpha value is -2.04. The van der Waals surface area contributed by atoms with Gasteiger partial charge in [0.1, 0.15) is 5.82 Å². The third-order valence-corrected chi connectivity index (χ3v) is 5.71. The molecule has 0 saturated carbocycles. The van der Waals surface area contributed by atoms with E-state index >= 15 is 0 Å². The van der Waals surface area contributed by atoms with Crippen molar-refractivity contribution in [1.29, 1.82) is 0 Å². The van der Waals surface area contributed by atoms with Gasteiger partial charge >= 0.3 is 0 Å². The van der Waals surface area contributed by atoms with Gasteiger partial charge in [-0.3, -0.25) is 4.98 Å². The average Bonchev–Trinajstić information content (AvgIpc) is 2.68. The van der Waals surface area contributed by atoms with Crippen molar-refractivity contribution in [3.05, 3.63) is 97.7 Å².